The molecule has 1 aromatic heterocycles. The van der Waals surface area contributed by atoms with E-state index in [1.807, 2.05) is 0 Å². The summed E-state index contributed by atoms with van der Waals surface area (Å²) in [7, 11) is 0. The molecule has 7 heteroatoms. The molecule has 0 aliphatic carbocycles. The second-order valence-corrected chi connectivity index (χ2v) is 4.58. The maximum atomic E-state index is 11.6. The zero-order valence-corrected chi connectivity index (χ0v) is 10.8. The highest BCUT2D eigenvalue weighted by molar-refractivity contribution is 5.94. The lowest BCUT2D eigenvalue weighted by molar-refractivity contribution is -0.138. The number of carbonyl (C=O) groups is 2. The number of amides is 1. The molecule has 0 aromatic carbocycles. The second-order valence-electron chi connectivity index (χ2n) is 4.58. The van der Waals surface area contributed by atoms with Gasteiger partial charge in [0.15, 0.2) is 5.69 Å². The molecule has 0 fully saturated rings. The molecule has 7 nitrogen and oxygen atoms in total. The summed E-state index contributed by atoms with van der Waals surface area (Å²) >= 11 is 0. The summed E-state index contributed by atoms with van der Waals surface area (Å²) in [6.45, 7) is 6.27. The maximum Gasteiger partial charge on any atom is 0.325 e. The number of nitrogens with one attached hydrogen (secondary N) is 1. The summed E-state index contributed by atoms with van der Waals surface area (Å²) < 4.78 is 1.58. The van der Waals surface area contributed by atoms with Gasteiger partial charge >= 0.3 is 5.97 Å². The van der Waals surface area contributed by atoms with Crippen molar-refractivity contribution in [2.75, 3.05) is 0 Å². The van der Waals surface area contributed by atoms with Crippen molar-refractivity contribution in [1.82, 2.24) is 20.3 Å². The average molecular weight is 254 g/mol. The normalized spacial score (nSPS) is 12.4. The van der Waals surface area contributed by atoms with E-state index in [4.69, 9.17) is 5.11 Å². The van der Waals surface area contributed by atoms with E-state index in [0.29, 0.717) is 12.5 Å². The first-order valence-corrected chi connectivity index (χ1v) is 5.84. The van der Waals surface area contributed by atoms with Crippen LogP contribution in [0.5, 0.6) is 0 Å². The molecular weight excluding hydrogens is 236 g/mol. The Kier molecular flexibility index (Phi) is 4.82. The molecule has 2 N–H and O–H groups in total. The minimum Gasteiger partial charge on any atom is -0.480 e. The highest BCUT2D eigenvalue weighted by Crippen LogP contribution is 2.02. The van der Waals surface area contributed by atoms with Crippen LogP contribution >= 0.6 is 0 Å². The Bertz CT molecular complexity index is 428. The quantitative estimate of drug-likeness (QED) is 0.771. The first kappa shape index (κ1) is 14.1. The van der Waals surface area contributed by atoms with Crippen molar-refractivity contribution in [3.8, 4) is 0 Å². The molecule has 0 saturated carbocycles. The average Bonchev–Trinajstić information content (AvgIpc) is 2.74. The van der Waals surface area contributed by atoms with Crippen molar-refractivity contribution in [2.45, 2.75) is 39.8 Å². The highest BCUT2D eigenvalue weighted by atomic mass is 16.4. The van der Waals surface area contributed by atoms with E-state index in [0.717, 1.165) is 6.42 Å². The predicted octanol–water partition coefficient (Wildman–Crippen LogP) is 0.527. The third kappa shape index (κ3) is 4.15. The number of carbonyl (C=O) groups excluding carboxylic acids is 1. The Balaban J connectivity index is 2.57. The van der Waals surface area contributed by atoms with Crippen molar-refractivity contribution in [3.63, 3.8) is 0 Å². The van der Waals surface area contributed by atoms with Gasteiger partial charge in [0.1, 0.15) is 6.04 Å². The van der Waals surface area contributed by atoms with Crippen LogP contribution in [0.4, 0.5) is 0 Å². The molecule has 1 unspecified atom stereocenters. The molecule has 0 spiro atoms. The van der Waals surface area contributed by atoms with Gasteiger partial charge in [-0.25, -0.2) is 0 Å². The Morgan fingerprint density at radius 3 is 2.67 bits per heavy atom. The van der Waals surface area contributed by atoms with Crippen LogP contribution in [0.2, 0.25) is 0 Å². The number of carboxylic acids is 1. The standard InChI is InChI=1S/C11H18N4O3/c1-7(2)4-5-15-6-9(13-14-15)10(16)12-8(3)11(17)18/h6-8H,4-5H2,1-3H3,(H,12,16)(H,17,18). The van der Waals surface area contributed by atoms with E-state index >= 15 is 0 Å². The van der Waals surface area contributed by atoms with Gasteiger partial charge in [-0.15, -0.1) is 5.10 Å². The number of rotatable bonds is 6. The molecule has 0 radical (unpaired) electrons. The smallest absolute Gasteiger partial charge is 0.325 e. The van der Waals surface area contributed by atoms with Crippen LogP contribution < -0.4 is 5.32 Å². The fraction of sp³-hybridized carbons (Fsp3) is 0.636. The molecular formula is C11H18N4O3. The van der Waals surface area contributed by atoms with E-state index < -0.39 is 17.9 Å². The molecule has 18 heavy (non-hydrogen) atoms. The number of aliphatic carboxylic acids is 1. The van der Waals surface area contributed by atoms with Crippen LogP contribution in [-0.2, 0) is 11.3 Å². The summed E-state index contributed by atoms with van der Waals surface area (Å²) in [5.41, 5.74) is 0.131. The Hall–Kier alpha value is -1.92. The lowest BCUT2D eigenvalue weighted by atomic mass is 10.1. The summed E-state index contributed by atoms with van der Waals surface area (Å²) in [5.74, 6) is -1.07. The molecule has 0 aliphatic heterocycles. The fourth-order valence-corrected chi connectivity index (χ4v) is 1.23. The van der Waals surface area contributed by atoms with E-state index in [-0.39, 0.29) is 5.69 Å². The Labute approximate surface area is 105 Å². The number of carboxylic acid groups (broad SMARTS) is 1. The number of aromatic nitrogens is 3. The molecule has 100 valence electrons. The van der Waals surface area contributed by atoms with Crippen LogP contribution in [0, 0.1) is 5.92 Å². The number of nitrogens with zero attached hydrogens (tertiary/aromatic N) is 3. The van der Waals surface area contributed by atoms with Gasteiger partial charge in [0.25, 0.3) is 5.91 Å². The van der Waals surface area contributed by atoms with Crippen LogP contribution in [0.3, 0.4) is 0 Å². The molecule has 0 bridgehead atoms. The fourth-order valence-electron chi connectivity index (χ4n) is 1.23. The molecule has 1 amide bonds. The Morgan fingerprint density at radius 1 is 1.44 bits per heavy atom. The molecule has 1 atom stereocenters. The van der Waals surface area contributed by atoms with Crippen molar-refractivity contribution in [2.24, 2.45) is 5.92 Å². The van der Waals surface area contributed by atoms with Gasteiger partial charge in [-0.1, -0.05) is 19.1 Å². The zero-order chi connectivity index (χ0) is 13.7. The van der Waals surface area contributed by atoms with Gasteiger partial charge in [0, 0.05) is 6.54 Å². The third-order valence-electron chi connectivity index (χ3n) is 2.42. The molecule has 1 aromatic rings. The highest BCUT2D eigenvalue weighted by Gasteiger charge is 2.17. The van der Waals surface area contributed by atoms with Gasteiger partial charge in [0.05, 0.1) is 6.20 Å². The molecule has 1 rings (SSSR count). The molecule has 0 aliphatic rings. The lowest BCUT2D eigenvalue weighted by Crippen LogP contribution is -2.38. The SMILES string of the molecule is CC(C)CCn1cc(C(=O)NC(C)C(=O)O)nn1. The van der Waals surface area contributed by atoms with Crippen molar-refractivity contribution in [1.29, 1.82) is 0 Å². The maximum absolute atomic E-state index is 11.6. The number of aryl methyl sites for hydroxylation is 1. The molecule has 1 heterocycles. The van der Waals surface area contributed by atoms with Crippen molar-refractivity contribution >= 4 is 11.9 Å². The predicted molar refractivity (Wildman–Crippen MR) is 64.0 cm³/mol. The molecule has 0 saturated heterocycles. The second kappa shape index (κ2) is 6.13. The third-order valence-corrected chi connectivity index (χ3v) is 2.42. The topological polar surface area (TPSA) is 97.1 Å². The largest absolute Gasteiger partial charge is 0.480 e. The summed E-state index contributed by atoms with van der Waals surface area (Å²) in [5, 5.41) is 18.5. The van der Waals surface area contributed by atoms with Gasteiger partial charge in [0.2, 0.25) is 0 Å². The minimum absolute atomic E-state index is 0.131. The van der Waals surface area contributed by atoms with E-state index in [1.54, 1.807) is 4.68 Å². The van der Waals surface area contributed by atoms with Crippen LogP contribution in [0.15, 0.2) is 6.20 Å². The summed E-state index contributed by atoms with van der Waals surface area (Å²) in [6, 6.07) is -0.946. The summed E-state index contributed by atoms with van der Waals surface area (Å²) in [4.78, 5) is 22.2. The van der Waals surface area contributed by atoms with E-state index in [1.165, 1.54) is 13.1 Å². The van der Waals surface area contributed by atoms with Crippen molar-refractivity contribution in [3.05, 3.63) is 11.9 Å². The number of hydrogen-bond acceptors (Lipinski definition) is 4. The van der Waals surface area contributed by atoms with E-state index in [2.05, 4.69) is 29.5 Å². The van der Waals surface area contributed by atoms with Crippen LogP contribution in [-0.4, -0.2) is 38.0 Å². The lowest BCUT2D eigenvalue weighted by Gasteiger charge is -2.06. The monoisotopic (exact) mass is 254 g/mol. The van der Waals surface area contributed by atoms with Crippen molar-refractivity contribution < 1.29 is 14.7 Å². The van der Waals surface area contributed by atoms with Gasteiger partial charge in [-0.05, 0) is 19.3 Å². The minimum atomic E-state index is -1.09. The summed E-state index contributed by atoms with van der Waals surface area (Å²) in [6.07, 6.45) is 2.46. The van der Waals surface area contributed by atoms with Crippen LogP contribution in [0.25, 0.3) is 0 Å². The van der Waals surface area contributed by atoms with Crippen LogP contribution in [0.1, 0.15) is 37.7 Å². The first-order chi connectivity index (χ1) is 8.40. The van der Waals surface area contributed by atoms with Gasteiger partial charge in [-0.2, -0.15) is 0 Å². The van der Waals surface area contributed by atoms with Gasteiger partial charge in [-0.3, -0.25) is 14.3 Å². The number of hydrogen-bond donors (Lipinski definition) is 2. The zero-order valence-electron chi connectivity index (χ0n) is 10.8. The Morgan fingerprint density at radius 2 is 2.11 bits per heavy atom. The van der Waals surface area contributed by atoms with E-state index in [9.17, 15) is 9.59 Å². The van der Waals surface area contributed by atoms with Gasteiger partial charge < -0.3 is 10.4 Å². The first-order valence-electron chi connectivity index (χ1n) is 5.84.